The van der Waals surface area contributed by atoms with Gasteiger partial charge in [-0.25, -0.2) is 0 Å². The van der Waals surface area contributed by atoms with Crippen LogP contribution in [0.15, 0.2) is 46.6 Å². The lowest BCUT2D eigenvalue weighted by molar-refractivity contribution is 0.457. The number of nitriles is 1. The first kappa shape index (κ1) is 12.4. The first-order chi connectivity index (χ1) is 10.8. The minimum atomic E-state index is 0.0476. The van der Waals surface area contributed by atoms with Gasteiger partial charge in [0.1, 0.15) is 6.07 Å². The van der Waals surface area contributed by atoms with Crippen molar-refractivity contribution >= 4 is 28.9 Å². The second kappa shape index (κ2) is 4.57. The van der Waals surface area contributed by atoms with Gasteiger partial charge in [-0.15, -0.1) is 0 Å². The number of para-hydroxylation sites is 1. The van der Waals surface area contributed by atoms with E-state index in [0.717, 1.165) is 21.5 Å². The zero-order valence-electron chi connectivity index (χ0n) is 11.4. The first-order valence-electron chi connectivity index (χ1n) is 6.73. The molecule has 1 aliphatic heterocycles. The van der Waals surface area contributed by atoms with Gasteiger partial charge >= 0.3 is 0 Å². The molecule has 1 aliphatic rings. The van der Waals surface area contributed by atoms with Gasteiger partial charge in [0.25, 0.3) is 0 Å². The lowest BCUT2D eigenvalue weighted by atomic mass is 10.1. The van der Waals surface area contributed by atoms with Crippen LogP contribution in [0, 0.1) is 11.3 Å². The molecule has 0 bridgehead atoms. The molecule has 0 radical (unpaired) electrons. The van der Waals surface area contributed by atoms with Crippen LogP contribution in [0.25, 0.3) is 23.2 Å². The average Bonchev–Trinajstić information content (AvgIpc) is 3.12. The number of aromatic nitrogens is 1. The van der Waals surface area contributed by atoms with Gasteiger partial charge < -0.3 is 10.1 Å². The highest BCUT2D eigenvalue weighted by molar-refractivity contribution is 5.94. The van der Waals surface area contributed by atoms with E-state index in [2.05, 4.69) is 21.3 Å². The summed E-state index contributed by atoms with van der Waals surface area (Å²) in [6, 6.07) is 13.3. The molecule has 0 aliphatic carbocycles. The zero-order chi connectivity index (χ0) is 15.1. The Balaban J connectivity index is 1.98. The number of aromatic hydroxyl groups is 1. The van der Waals surface area contributed by atoms with Crippen LogP contribution in [-0.4, -0.2) is 10.1 Å². The number of aromatic amines is 1. The highest BCUT2D eigenvalue weighted by atomic mass is 16.3. The van der Waals surface area contributed by atoms with E-state index in [0.29, 0.717) is 16.6 Å². The van der Waals surface area contributed by atoms with Crippen LogP contribution >= 0.6 is 0 Å². The summed E-state index contributed by atoms with van der Waals surface area (Å²) in [5.41, 5.74) is 2.62. The van der Waals surface area contributed by atoms with E-state index in [1.165, 1.54) is 0 Å². The summed E-state index contributed by atoms with van der Waals surface area (Å²) in [6.07, 6.45) is 3.57. The van der Waals surface area contributed by atoms with Crippen LogP contribution in [0.3, 0.4) is 0 Å². The van der Waals surface area contributed by atoms with Gasteiger partial charge in [-0.2, -0.15) is 15.5 Å². The summed E-state index contributed by atoms with van der Waals surface area (Å²) in [4.78, 5) is 2.87. The minimum absolute atomic E-state index is 0.0476. The normalized spacial score (nSPS) is 13.1. The Bertz CT molecular complexity index is 1100. The third-order valence-corrected chi connectivity index (χ3v) is 3.70. The van der Waals surface area contributed by atoms with Crippen LogP contribution in [0.4, 0.5) is 5.69 Å². The van der Waals surface area contributed by atoms with Gasteiger partial charge in [0.05, 0.1) is 23.0 Å². The fraction of sp³-hybridized carbons (Fsp3) is 0. The van der Waals surface area contributed by atoms with Gasteiger partial charge in [0.2, 0.25) is 0 Å². The lowest BCUT2D eigenvalue weighted by Gasteiger charge is -1.95. The topological polar surface area (TPSA) is 84.5 Å². The molecule has 0 unspecified atom stereocenters. The highest BCUT2D eigenvalue weighted by Crippen LogP contribution is 2.29. The molecule has 0 amide bonds. The van der Waals surface area contributed by atoms with Crippen molar-refractivity contribution in [2.75, 3.05) is 0 Å². The van der Waals surface area contributed by atoms with E-state index < -0.39 is 0 Å². The Morgan fingerprint density at radius 1 is 1.23 bits per heavy atom. The number of H-pyrrole nitrogens is 1. The van der Waals surface area contributed by atoms with Crippen molar-refractivity contribution in [3.8, 4) is 11.9 Å². The molecule has 2 aromatic carbocycles. The molecule has 0 atom stereocenters. The molecule has 0 spiro atoms. The maximum absolute atomic E-state index is 10.2. The Morgan fingerprint density at radius 2 is 2.14 bits per heavy atom. The monoisotopic (exact) mass is 286 g/mol. The zero-order valence-corrected chi connectivity index (χ0v) is 11.4. The number of rotatable bonds is 1. The molecule has 104 valence electrons. The number of hydrogen-bond acceptors (Lipinski definition) is 4. The Labute approximate surface area is 125 Å². The van der Waals surface area contributed by atoms with Crippen molar-refractivity contribution in [1.82, 2.24) is 4.98 Å². The van der Waals surface area contributed by atoms with E-state index in [1.54, 1.807) is 18.3 Å². The summed E-state index contributed by atoms with van der Waals surface area (Å²) in [5.74, 6) is 0.0476. The molecule has 5 heteroatoms. The Kier molecular flexibility index (Phi) is 2.57. The molecule has 22 heavy (non-hydrogen) atoms. The number of benzene rings is 2. The van der Waals surface area contributed by atoms with Crippen LogP contribution in [0.5, 0.6) is 5.88 Å². The molecule has 0 saturated heterocycles. The quantitative estimate of drug-likeness (QED) is 0.720. The van der Waals surface area contributed by atoms with Crippen LogP contribution in [0.2, 0.25) is 0 Å². The van der Waals surface area contributed by atoms with Gasteiger partial charge in [-0.3, -0.25) is 0 Å². The maximum Gasteiger partial charge on any atom is 0.196 e. The van der Waals surface area contributed by atoms with Crippen molar-refractivity contribution in [2.45, 2.75) is 0 Å². The highest BCUT2D eigenvalue weighted by Gasteiger charge is 2.11. The van der Waals surface area contributed by atoms with Gasteiger partial charge in [0.15, 0.2) is 5.88 Å². The number of hydrogen-bond donors (Lipinski definition) is 2. The summed E-state index contributed by atoms with van der Waals surface area (Å²) < 4.78 is 0. The molecule has 5 nitrogen and oxygen atoms in total. The van der Waals surface area contributed by atoms with Crippen molar-refractivity contribution in [3.05, 3.63) is 58.0 Å². The molecule has 1 aromatic heterocycles. The van der Waals surface area contributed by atoms with E-state index >= 15 is 0 Å². The van der Waals surface area contributed by atoms with Crippen molar-refractivity contribution in [2.24, 2.45) is 10.2 Å². The van der Waals surface area contributed by atoms with Gasteiger partial charge in [-0.1, -0.05) is 24.3 Å². The third-order valence-electron chi connectivity index (χ3n) is 3.70. The van der Waals surface area contributed by atoms with Gasteiger partial charge in [0, 0.05) is 16.2 Å². The third kappa shape index (κ3) is 1.79. The standard InChI is InChI=1S/C17H10N4O/c18-8-11-2-1-3-13-14(17(22)20-16(11)13)6-10-4-5-12-9-19-21-15(12)7-10/h1-7,9,20,22H. The average molecular weight is 286 g/mol. The van der Waals surface area contributed by atoms with Gasteiger partial charge in [-0.05, 0) is 23.4 Å². The van der Waals surface area contributed by atoms with Crippen LogP contribution in [-0.2, 0) is 0 Å². The first-order valence-corrected chi connectivity index (χ1v) is 6.73. The van der Waals surface area contributed by atoms with Crippen molar-refractivity contribution in [1.29, 1.82) is 5.26 Å². The van der Waals surface area contributed by atoms with E-state index in [1.807, 2.05) is 30.3 Å². The van der Waals surface area contributed by atoms with Crippen molar-refractivity contribution < 1.29 is 5.11 Å². The predicted molar refractivity (Wildman–Crippen MR) is 82.9 cm³/mol. The fourth-order valence-electron chi connectivity index (χ4n) is 2.63. The molecule has 3 aromatic rings. The smallest absolute Gasteiger partial charge is 0.196 e. The summed E-state index contributed by atoms with van der Waals surface area (Å²) in [6.45, 7) is 0. The van der Waals surface area contributed by atoms with E-state index in [9.17, 15) is 5.11 Å². The summed E-state index contributed by atoms with van der Waals surface area (Å²) in [5, 5.41) is 29.9. The molecule has 0 fully saturated rings. The Morgan fingerprint density at radius 3 is 3.00 bits per heavy atom. The van der Waals surface area contributed by atoms with Crippen LogP contribution < -0.4 is 10.4 Å². The molecule has 2 N–H and O–H groups in total. The summed E-state index contributed by atoms with van der Waals surface area (Å²) >= 11 is 0. The number of azo groups is 1. The number of nitrogens with zero attached hydrogens (tertiary/aromatic N) is 3. The molecular formula is C17H10N4O. The van der Waals surface area contributed by atoms with Crippen LogP contribution in [0.1, 0.15) is 11.1 Å². The van der Waals surface area contributed by atoms with Crippen molar-refractivity contribution in [3.63, 3.8) is 0 Å². The SMILES string of the molecule is N#Cc1cccc2c(C=c3ccc4c(c3)N=NC=4)c(O)[nH]c12. The minimum Gasteiger partial charge on any atom is -0.494 e. The molecule has 2 heterocycles. The second-order valence-corrected chi connectivity index (χ2v) is 5.03. The van der Waals surface area contributed by atoms with E-state index in [4.69, 9.17) is 5.26 Å². The molecule has 4 rings (SSSR count). The molecular weight excluding hydrogens is 276 g/mol. The predicted octanol–water partition coefficient (Wildman–Crippen LogP) is 2.41. The maximum atomic E-state index is 10.2. The largest absolute Gasteiger partial charge is 0.494 e. The fourth-order valence-corrected chi connectivity index (χ4v) is 2.63. The second-order valence-electron chi connectivity index (χ2n) is 5.03. The van der Waals surface area contributed by atoms with E-state index in [-0.39, 0.29) is 5.88 Å². The Hall–Kier alpha value is -3.39. The molecule has 0 saturated carbocycles. The number of nitrogens with one attached hydrogen (secondary N) is 1. The summed E-state index contributed by atoms with van der Waals surface area (Å²) in [7, 11) is 0. The lowest BCUT2D eigenvalue weighted by Crippen LogP contribution is -2.06. The number of fused-ring (bicyclic) bond motifs is 2.